The van der Waals surface area contributed by atoms with E-state index >= 15 is 0 Å². The van der Waals surface area contributed by atoms with Crippen LogP contribution in [0.2, 0.25) is 0 Å². The van der Waals surface area contributed by atoms with Crippen LogP contribution in [0.15, 0.2) is 63.7 Å². The molecule has 0 aliphatic carbocycles. The number of halogens is 1. The van der Waals surface area contributed by atoms with Gasteiger partial charge in [0.1, 0.15) is 5.75 Å². The zero-order chi connectivity index (χ0) is 16.2. The van der Waals surface area contributed by atoms with E-state index in [4.69, 9.17) is 9.47 Å². The second-order valence-electron chi connectivity index (χ2n) is 4.82. The Hall–Kier alpha value is -2.40. The van der Waals surface area contributed by atoms with E-state index in [9.17, 15) is 4.79 Å². The van der Waals surface area contributed by atoms with E-state index in [1.165, 1.54) is 0 Å². The fourth-order valence-corrected chi connectivity index (χ4v) is 2.43. The van der Waals surface area contributed by atoms with Crippen LogP contribution in [0.5, 0.6) is 5.75 Å². The van der Waals surface area contributed by atoms with Crippen molar-refractivity contribution in [2.24, 2.45) is 4.99 Å². The molecule has 0 saturated heterocycles. The molecule has 0 fully saturated rings. The van der Waals surface area contributed by atoms with Crippen molar-refractivity contribution >= 4 is 33.9 Å². The molecule has 2 aromatic rings. The minimum absolute atomic E-state index is 0.266. The maximum absolute atomic E-state index is 12.0. The molecule has 3 rings (SSSR count). The van der Waals surface area contributed by atoms with Crippen LogP contribution in [0.4, 0.5) is 0 Å². The summed E-state index contributed by atoms with van der Waals surface area (Å²) >= 11 is 3.38. The van der Waals surface area contributed by atoms with Crippen molar-refractivity contribution in [3.05, 3.63) is 69.8 Å². The number of carbonyl (C=O) groups excluding carboxylic acids is 1. The number of benzene rings is 2. The van der Waals surface area contributed by atoms with Crippen LogP contribution < -0.4 is 4.74 Å². The van der Waals surface area contributed by atoms with Gasteiger partial charge in [0.15, 0.2) is 5.70 Å². The fourth-order valence-electron chi connectivity index (χ4n) is 2.17. The van der Waals surface area contributed by atoms with E-state index < -0.39 is 5.97 Å². The Morgan fingerprint density at radius 3 is 2.65 bits per heavy atom. The summed E-state index contributed by atoms with van der Waals surface area (Å²) in [6.45, 7) is 2.43. The highest BCUT2D eigenvalue weighted by Gasteiger charge is 2.26. The lowest BCUT2D eigenvalue weighted by Gasteiger charge is -2.08. The smallest absolute Gasteiger partial charge is 0.363 e. The third-order valence-electron chi connectivity index (χ3n) is 3.21. The third kappa shape index (κ3) is 3.51. The maximum atomic E-state index is 12.0. The molecule has 1 aliphatic rings. The van der Waals surface area contributed by atoms with Gasteiger partial charge in [-0.05, 0) is 42.8 Å². The zero-order valence-corrected chi connectivity index (χ0v) is 14.0. The average molecular weight is 372 g/mol. The molecule has 2 aromatic carbocycles. The molecular formula is C18H14BrNO3. The molecule has 1 heterocycles. The molecule has 0 radical (unpaired) electrons. The Bertz CT molecular complexity index is 794. The van der Waals surface area contributed by atoms with Crippen LogP contribution in [-0.4, -0.2) is 18.5 Å². The van der Waals surface area contributed by atoms with Gasteiger partial charge in [-0.3, -0.25) is 0 Å². The summed E-state index contributed by atoms with van der Waals surface area (Å²) in [4.78, 5) is 16.4. The molecule has 0 saturated carbocycles. The lowest BCUT2D eigenvalue weighted by molar-refractivity contribution is -0.129. The summed E-state index contributed by atoms with van der Waals surface area (Å²) in [5, 5.41) is 0. The van der Waals surface area contributed by atoms with Crippen molar-refractivity contribution in [2.45, 2.75) is 6.92 Å². The van der Waals surface area contributed by atoms with Gasteiger partial charge in [-0.2, -0.15) is 0 Å². The molecular weight excluding hydrogens is 358 g/mol. The van der Waals surface area contributed by atoms with Gasteiger partial charge >= 0.3 is 5.97 Å². The summed E-state index contributed by atoms with van der Waals surface area (Å²) in [5.74, 6) is 0.447. The normalized spacial score (nSPS) is 15.5. The van der Waals surface area contributed by atoms with Crippen LogP contribution in [0.1, 0.15) is 18.1 Å². The number of rotatable bonds is 4. The quantitative estimate of drug-likeness (QED) is 0.597. The molecule has 0 N–H and O–H groups in total. The molecule has 0 amide bonds. The van der Waals surface area contributed by atoms with Gasteiger partial charge in [0, 0.05) is 4.47 Å². The van der Waals surface area contributed by atoms with Crippen molar-refractivity contribution in [3.63, 3.8) is 0 Å². The number of nitrogens with zero attached hydrogens (tertiary/aromatic N) is 1. The molecule has 0 bridgehead atoms. The summed E-state index contributed by atoms with van der Waals surface area (Å²) in [5.41, 5.74) is 1.82. The van der Waals surface area contributed by atoms with Gasteiger partial charge < -0.3 is 9.47 Å². The van der Waals surface area contributed by atoms with Crippen LogP contribution in [0.25, 0.3) is 6.08 Å². The standard InChI is InChI=1S/C18H14BrNO3/c1-2-22-16-6-4-3-5-14(16)17-20-15(18(21)23-17)11-12-7-9-13(19)10-8-12/h3-11H,2H2,1H3/b15-11+. The largest absolute Gasteiger partial charge is 0.493 e. The first kappa shape index (κ1) is 15.5. The lowest BCUT2D eigenvalue weighted by Crippen LogP contribution is -2.07. The highest BCUT2D eigenvalue weighted by Crippen LogP contribution is 2.25. The number of hydrogen-bond donors (Lipinski definition) is 0. The van der Waals surface area contributed by atoms with E-state index in [0.29, 0.717) is 17.9 Å². The van der Waals surface area contributed by atoms with Crippen molar-refractivity contribution in [3.8, 4) is 5.75 Å². The van der Waals surface area contributed by atoms with E-state index in [2.05, 4.69) is 20.9 Å². The number of carbonyl (C=O) groups is 1. The number of esters is 1. The van der Waals surface area contributed by atoms with Gasteiger partial charge in [0.05, 0.1) is 12.2 Å². The first-order valence-corrected chi connectivity index (χ1v) is 7.97. The van der Waals surface area contributed by atoms with Crippen LogP contribution in [-0.2, 0) is 9.53 Å². The van der Waals surface area contributed by atoms with Gasteiger partial charge in [-0.15, -0.1) is 0 Å². The zero-order valence-electron chi connectivity index (χ0n) is 12.5. The summed E-state index contributed by atoms with van der Waals surface area (Å²) in [6, 6.07) is 15.0. The molecule has 116 valence electrons. The molecule has 0 unspecified atom stereocenters. The lowest BCUT2D eigenvalue weighted by atomic mass is 10.2. The number of ether oxygens (including phenoxy) is 2. The summed E-state index contributed by atoms with van der Waals surface area (Å²) < 4.78 is 11.8. The van der Waals surface area contributed by atoms with E-state index in [-0.39, 0.29) is 11.6 Å². The molecule has 0 atom stereocenters. The highest BCUT2D eigenvalue weighted by atomic mass is 79.9. The number of aliphatic imine (C=N–C) groups is 1. The Morgan fingerprint density at radius 1 is 1.17 bits per heavy atom. The van der Waals surface area contributed by atoms with E-state index in [1.54, 1.807) is 6.08 Å². The van der Waals surface area contributed by atoms with Crippen LogP contribution in [0.3, 0.4) is 0 Å². The molecule has 23 heavy (non-hydrogen) atoms. The Kier molecular flexibility index (Phi) is 4.57. The van der Waals surface area contributed by atoms with Crippen molar-refractivity contribution < 1.29 is 14.3 Å². The Morgan fingerprint density at radius 2 is 1.91 bits per heavy atom. The molecule has 0 spiro atoms. The SMILES string of the molecule is CCOc1ccccc1C1=N/C(=C/c2ccc(Br)cc2)C(=O)O1. The third-order valence-corrected chi connectivity index (χ3v) is 3.74. The van der Waals surface area contributed by atoms with Crippen LogP contribution in [0, 0.1) is 0 Å². The number of para-hydroxylation sites is 1. The minimum Gasteiger partial charge on any atom is -0.493 e. The first-order chi connectivity index (χ1) is 11.2. The number of hydrogen-bond acceptors (Lipinski definition) is 4. The van der Waals surface area contributed by atoms with Gasteiger partial charge in [0.25, 0.3) is 0 Å². The van der Waals surface area contributed by atoms with Gasteiger partial charge in [-0.25, -0.2) is 9.79 Å². The summed E-state index contributed by atoms with van der Waals surface area (Å²) in [6.07, 6.45) is 1.70. The Balaban J connectivity index is 1.94. The van der Waals surface area contributed by atoms with Gasteiger partial charge in [-0.1, -0.05) is 40.2 Å². The fraction of sp³-hybridized carbons (Fsp3) is 0.111. The minimum atomic E-state index is -0.464. The predicted molar refractivity (Wildman–Crippen MR) is 92.4 cm³/mol. The number of cyclic esters (lactones) is 1. The van der Waals surface area contributed by atoms with E-state index in [1.807, 2.05) is 55.5 Å². The molecule has 4 nitrogen and oxygen atoms in total. The summed E-state index contributed by atoms with van der Waals surface area (Å²) in [7, 11) is 0. The highest BCUT2D eigenvalue weighted by molar-refractivity contribution is 9.10. The van der Waals surface area contributed by atoms with Crippen molar-refractivity contribution in [1.29, 1.82) is 0 Å². The molecule has 1 aliphatic heterocycles. The van der Waals surface area contributed by atoms with Crippen LogP contribution >= 0.6 is 15.9 Å². The van der Waals surface area contributed by atoms with Gasteiger partial charge in [0.2, 0.25) is 5.90 Å². The average Bonchev–Trinajstić information content (AvgIpc) is 2.91. The van der Waals surface area contributed by atoms with Crippen molar-refractivity contribution in [2.75, 3.05) is 6.61 Å². The monoisotopic (exact) mass is 371 g/mol. The predicted octanol–water partition coefficient (Wildman–Crippen LogP) is 4.19. The second-order valence-corrected chi connectivity index (χ2v) is 5.73. The maximum Gasteiger partial charge on any atom is 0.363 e. The Labute approximate surface area is 142 Å². The second kappa shape index (κ2) is 6.79. The molecule has 0 aromatic heterocycles. The molecule has 5 heteroatoms. The first-order valence-electron chi connectivity index (χ1n) is 7.17. The van der Waals surface area contributed by atoms with E-state index in [0.717, 1.165) is 10.0 Å². The van der Waals surface area contributed by atoms with Crippen molar-refractivity contribution in [1.82, 2.24) is 0 Å². The topological polar surface area (TPSA) is 47.9 Å².